The van der Waals surface area contributed by atoms with Gasteiger partial charge in [-0.15, -0.1) is 0 Å². The molecule has 9 heteroatoms. The van der Waals surface area contributed by atoms with E-state index in [-0.39, 0.29) is 53.2 Å². The fraction of sp³-hybridized carbons (Fsp3) is 0.381. The monoisotopic (exact) mass is 436 g/mol. The zero-order chi connectivity index (χ0) is 21.6. The maximum atomic E-state index is 14.1. The number of halogens is 3. The molecule has 2 heterocycles. The number of piperidine rings is 1. The lowest BCUT2D eigenvalue weighted by Crippen LogP contribution is -2.54. The van der Waals surface area contributed by atoms with Crippen molar-refractivity contribution < 1.29 is 23.6 Å². The molecule has 0 aromatic heterocycles. The Kier molecular flexibility index (Phi) is 5.23. The number of benzene rings is 2. The molecular weight excluding hydrogens is 418 g/mol. The van der Waals surface area contributed by atoms with Crippen LogP contribution in [0.3, 0.4) is 0 Å². The van der Waals surface area contributed by atoms with E-state index in [1.807, 2.05) is 0 Å². The van der Waals surface area contributed by atoms with E-state index in [9.17, 15) is 28.8 Å². The van der Waals surface area contributed by atoms with Crippen molar-refractivity contribution in [1.29, 1.82) is 0 Å². The van der Waals surface area contributed by atoms with Gasteiger partial charge in [0.2, 0.25) is 0 Å². The highest BCUT2D eigenvalue weighted by molar-refractivity contribution is 6.34. The lowest BCUT2D eigenvalue weighted by Gasteiger charge is -2.44. The van der Waals surface area contributed by atoms with E-state index >= 15 is 0 Å². The quantitative estimate of drug-likeness (QED) is 0.573. The van der Waals surface area contributed by atoms with Gasteiger partial charge in [0.25, 0.3) is 11.6 Å². The Balaban J connectivity index is 1.56. The number of amides is 1. The summed E-state index contributed by atoms with van der Waals surface area (Å²) in [6, 6.07) is 6.41. The van der Waals surface area contributed by atoms with E-state index in [1.54, 1.807) is 4.90 Å². The minimum absolute atomic E-state index is 0.0196. The van der Waals surface area contributed by atoms with Crippen LogP contribution in [0.15, 0.2) is 36.4 Å². The van der Waals surface area contributed by atoms with Crippen LogP contribution < -0.4 is 0 Å². The van der Waals surface area contributed by atoms with Crippen molar-refractivity contribution in [3.63, 3.8) is 0 Å². The van der Waals surface area contributed by atoms with E-state index in [4.69, 9.17) is 11.6 Å². The molecule has 6 nitrogen and oxygen atoms in total. The second-order valence-corrected chi connectivity index (χ2v) is 8.47. The predicted molar refractivity (Wildman–Crippen MR) is 105 cm³/mol. The minimum Gasteiger partial charge on any atom is -0.389 e. The number of carbonyl (C=O) groups is 1. The van der Waals surface area contributed by atoms with Crippen LogP contribution >= 0.6 is 11.6 Å². The molecule has 2 aliphatic rings. The number of nitro groups is 1. The minimum atomic E-state index is -1.23. The third kappa shape index (κ3) is 3.77. The number of hydrogen-bond acceptors (Lipinski definition) is 4. The third-order valence-corrected chi connectivity index (χ3v) is 6.34. The molecule has 30 heavy (non-hydrogen) atoms. The molecule has 0 unspecified atom stereocenters. The Morgan fingerprint density at radius 1 is 1.20 bits per heavy atom. The molecule has 2 aromatic rings. The van der Waals surface area contributed by atoms with Crippen molar-refractivity contribution in [1.82, 2.24) is 4.90 Å². The summed E-state index contributed by atoms with van der Waals surface area (Å²) >= 11 is 6.13. The molecule has 2 bridgehead atoms. The van der Waals surface area contributed by atoms with E-state index in [2.05, 4.69) is 0 Å². The van der Waals surface area contributed by atoms with Crippen LogP contribution in [0.4, 0.5) is 14.5 Å². The highest BCUT2D eigenvalue weighted by atomic mass is 35.5. The van der Waals surface area contributed by atoms with Gasteiger partial charge in [0.05, 0.1) is 21.1 Å². The Hall–Kier alpha value is -2.58. The molecule has 2 saturated heterocycles. The van der Waals surface area contributed by atoms with Crippen LogP contribution in [0.5, 0.6) is 0 Å². The predicted octanol–water partition coefficient (Wildman–Crippen LogP) is 4.27. The van der Waals surface area contributed by atoms with Crippen LogP contribution in [0.25, 0.3) is 0 Å². The van der Waals surface area contributed by atoms with Gasteiger partial charge in [-0.05, 0) is 43.4 Å². The van der Waals surface area contributed by atoms with Crippen LogP contribution in [-0.4, -0.2) is 38.5 Å². The molecule has 158 valence electrons. The molecular formula is C21H19ClF2N2O4. The molecule has 0 saturated carbocycles. The van der Waals surface area contributed by atoms with E-state index in [0.717, 1.165) is 12.1 Å². The topological polar surface area (TPSA) is 83.7 Å². The highest BCUT2D eigenvalue weighted by Gasteiger charge is 2.49. The number of hydrogen-bond donors (Lipinski definition) is 1. The highest BCUT2D eigenvalue weighted by Crippen LogP contribution is 2.43. The molecule has 2 aromatic carbocycles. The van der Waals surface area contributed by atoms with Gasteiger partial charge in [-0.1, -0.05) is 17.7 Å². The van der Waals surface area contributed by atoms with E-state index < -0.39 is 28.1 Å². The average Bonchev–Trinajstić information content (AvgIpc) is 2.96. The lowest BCUT2D eigenvalue weighted by molar-refractivity contribution is -0.384. The summed E-state index contributed by atoms with van der Waals surface area (Å²) < 4.78 is 27.2. The molecule has 0 spiro atoms. The van der Waals surface area contributed by atoms with Crippen LogP contribution in [0.1, 0.15) is 41.6 Å². The number of rotatable bonds is 4. The van der Waals surface area contributed by atoms with E-state index in [0.29, 0.717) is 12.8 Å². The van der Waals surface area contributed by atoms with Gasteiger partial charge in [0.1, 0.15) is 11.6 Å². The van der Waals surface area contributed by atoms with Gasteiger partial charge < -0.3 is 10.0 Å². The summed E-state index contributed by atoms with van der Waals surface area (Å²) in [4.78, 5) is 25.3. The molecule has 2 fully saturated rings. The maximum absolute atomic E-state index is 14.1. The molecule has 2 aliphatic heterocycles. The van der Waals surface area contributed by atoms with Crippen LogP contribution in [-0.2, 0) is 6.42 Å². The van der Waals surface area contributed by atoms with Gasteiger partial charge in [-0.2, -0.15) is 0 Å². The van der Waals surface area contributed by atoms with Crippen LogP contribution in [0, 0.1) is 21.7 Å². The van der Waals surface area contributed by atoms with Crippen molar-refractivity contribution in [2.24, 2.45) is 0 Å². The molecule has 1 amide bonds. The number of aliphatic hydroxyl groups is 1. The van der Waals surface area contributed by atoms with Crippen molar-refractivity contribution in [3.05, 3.63) is 74.3 Å². The van der Waals surface area contributed by atoms with Gasteiger partial charge >= 0.3 is 0 Å². The van der Waals surface area contributed by atoms with Crippen molar-refractivity contribution in [2.75, 3.05) is 0 Å². The smallest absolute Gasteiger partial charge is 0.270 e. The summed E-state index contributed by atoms with van der Waals surface area (Å²) in [7, 11) is 0. The average molecular weight is 437 g/mol. The van der Waals surface area contributed by atoms with Gasteiger partial charge in [0, 0.05) is 36.7 Å². The Morgan fingerprint density at radius 2 is 1.87 bits per heavy atom. The first-order valence-electron chi connectivity index (χ1n) is 9.60. The van der Waals surface area contributed by atoms with Crippen molar-refractivity contribution in [3.8, 4) is 0 Å². The van der Waals surface area contributed by atoms with Gasteiger partial charge in [0.15, 0.2) is 0 Å². The lowest BCUT2D eigenvalue weighted by atomic mass is 9.81. The number of fused-ring (bicyclic) bond motifs is 2. The number of nitro benzene ring substituents is 1. The molecule has 0 aliphatic carbocycles. The fourth-order valence-corrected chi connectivity index (χ4v) is 4.95. The molecule has 4 rings (SSSR count). The first-order valence-corrected chi connectivity index (χ1v) is 9.97. The number of non-ortho nitro benzene ring substituents is 1. The third-order valence-electron chi connectivity index (χ3n) is 6.01. The molecule has 1 N–H and O–H groups in total. The first kappa shape index (κ1) is 20.7. The number of nitrogens with zero attached hydrogens (tertiary/aromatic N) is 2. The van der Waals surface area contributed by atoms with Crippen molar-refractivity contribution in [2.45, 2.75) is 49.8 Å². The van der Waals surface area contributed by atoms with Gasteiger partial charge in [-0.3, -0.25) is 14.9 Å². The van der Waals surface area contributed by atoms with E-state index in [1.165, 1.54) is 24.3 Å². The first-order chi connectivity index (χ1) is 14.2. The summed E-state index contributed by atoms with van der Waals surface area (Å²) in [5.74, 6) is -1.80. The Bertz CT molecular complexity index is 1020. The second kappa shape index (κ2) is 7.59. The van der Waals surface area contributed by atoms with Gasteiger partial charge in [-0.25, -0.2) is 8.78 Å². The zero-order valence-electron chi connectivity index (χ0n) is 15.9. The maximum Gasteiger partial charge on any atom is 0.270 e. The molecule has 0 radical (unpaired) electrons. The molecule has 2 atom stereocenters. The van der Waals surface area contributed by atoms with Crippen LogP contribution in [0.2, 0.25) is 5.02 Å². The fourth-order valence-electron chi connectivity index (χ4n) is 4.75. The Labute approximate surface area is 176 Å². The summed E-state index contributed by atoms with van der Waals surface area (Å²) in [6.07, 6.45) is 1.82. The Morgan fingerprint density at radius 3 is 2.47 bits per heavy atom. The summed E-state index contributed by atoms with van der Waals surface area (Å²) in [6.45, 7) is 0. The SMILES string of the molecule is O=C(c1cc([N+](=O)[O-])ccc1Cl)N1[C@H]2CC[C@H]1CC(O)(Cc1ccc(F)cc1F)C2. The second-order valence-electron chi connectivity index (χ2n) is 8.06. The summed E-state index contributed by atoms with van der Waals surface area (Å²) in [5.41, 5.74) is -1.18. The van der Waals surface area contributed by atoms with Crippen molar-refractivity contribution >= 4 is 23.2 Å². The largest absolute Gasteiger partial charge is 0.389 e. The zero-order valence-corrected chi connectivity index (χ0v) is 16.6. The summed E-state index contributed by atoms with van der Waals surface area (Å²) in [5, 5.41) is 22.3. The normalized spacial score (nSPS) is 25.4. The number of carbonyl (C=O) groups excluding carboxylic acids is 1. The standard InChI is InChI=1S/C21H19ClF2N2O4/c22-18-6-5-14(26(29)30)8-17(18)20(27)25-15-3-4-16(25)11-21(28,10-15)9-12-1-2-13(23)7-19(12)24/h1-2,5-8,15-16,28H,3-4,9-11H2/t15-,16-/m0/s1.